The van der Waals surface area contributed by atoms with Gasteiger partial charge in [-0.3, -0.25) is 4.79 Å². The van der Waals surface area contributed by atoms with Crippen LogP contribution in [-0.2, 0) is 4.79 Å². The van der Waals surface area contributed by atoms with Gasteiger partial charge in [0.2, 0.25) is 5.91 Å². The molecular weight excluding hydrogens is 200 g/mol. The first-order valence-electron chi connectivity index (χ1n) is 5.98. The lowest BCUT2D eigenvalue weighted by atomic mass is 9.85. The third-order valence-electron chi connectivity index (χ3n) is 3.63. The van der Waals surface area contributed by atoms with Crippen molar-refractivity contribution in [2.24, 2.45) is 5.92 Å². The standard InChI is InChI=1S/C13H16N2O/c16-13-12(14-8-9-4-3-5-9)10-6-1-2-7-11(10)15-13/h1-2,6-7,9,12,14H,3-5,8H2,(H,15,16). The molecule has 3 rings (SSSR count). The molecule has 84 valence electrons. The topological polar surface area (TPSA) is 41.1 Å². The maximum atomic E-state index is 11.8. The molecule has 1 aliphatic heterocycles. The maximum absolute atomic E-state index is 11.8. The molecule has 1 aromatic rings. The zero-order chi connectivity index (χ0) is 11.0. The van der Waals surface area contributed by atoms with Crippen LogP contribution in [-0.4, -0.2) is 12.5 Å². The Morgan fingerprint density at radius 3 is 2.88 bits per heavy atom. The summed E-state index contributed by atoms with van der Waals surface area (Å²) < 4.78 is 0. The predicted octanol–water partition coefficient (Wildman–Crippen LogP) is 2.07. The van der Waals surface area contributed by atoms with Crippen molar-refractivity contribution < 1.29 is 4.79 Å². The van der Waals surface area contributed by atoms with Crippen LogP contribution in [0.5, 0.6) is 0 Å². The number of anilines is 1. The summed E-state index contributed by atoms with van der Waals surface area (Å²) >= 11 is 0. The van der Waals surface area contributed by atoms with Crippen LogP contribution in [0.3, 0.4) is 0 Å². The fourth-order valence-corrected chi connectivity index (χ4v) is 2.39. The summed E-state index contributed by atoms with van der Waals surface area (Å²) in [5.41, 5.74) is 2.05. The van der Waals surface area contributed by atoms with Gasteiger partial charge in [0, 0.05) is 11.3 Å². The van der Waals surface area contributed by atoms with E-state index < -0.39 is 0 Å². The minimum absolute atomic E-state index is 0.0838. The molecule has 1 amide bonds. The van der Waals surface area contributed by atoms with Crippen LogP contribution in [0.2, 0.25) is 0 Å². The molecule has 1 atom stereocenters. The summed E-state index contributed by atoms with van der Waals surface area (Å²) in [4.78, 5) is 11.8. The lowest BCUT2D eigenvalue weighted by Gasteiger charge is -2.26. The van der Waals surface area contributed by atoms with Gasteiger partial charge in [-0.2, -0.15) is 0 Å². The second-order valence-corrected chi connectivity index (χ2v) is 4.71. The number of rotatable bonds is 3. The molecule has 0 radical (unpaired) electrons. The van der Waals surface area contributed by atoms with E-state index in [2.05, 4.69) is 10.6 Å². The summed E-state index contributed by atoms with van der Waals surface area (Å²) in [6, 6.07) is 7.77. The smallest absolute Gasteiger partial charge is 0.246 e. The Bertz CT molecular complexity index is 412. The monoisotopic (exact) mass is 216 g/mol. The Morgan fingerprint density at radius 1 is 1.31 bits per heavy atom. The lowest BCUT2D eigenvalue weighted by Crippen LogP contribution is -2.33. The number of carbonyl (C=O) groups is 1. The first-order chi connectivity index (χ1) is 7.84. The number of fused-ring (bicyclic) bond motifs is 1. The molecule has 0 spiro atoms. The van der Waals surface area contributed by atoms with E-state index in [-0.39, 0.29) is 11.9 Å². The van der Waals surface area contributed by atoms with Gasteiger partial charge in [0.05, 0.1) is 0 Å². The van der Waals surface area contributed by atoms with E-state index in [1.54, 1.807) is 0 Å². The Morgan fingerprint density at radius 2 is 2.12 bits per heavy atom. The van der Waals surface area contributed by atoms with Crippen molar-refractivity contribution in [3.8, 4) is 0 Å². The van der Waals surface area contributed by atoms with Crippen LogP contribution < -0.4 is 10.6 Å². The second kappa shape index (κ2) is 3.91. The molecule has 16 heavy (non-hydrogen) atoms. The van der Waals surface area contributed by atoms with Crippen LogP contribution in [0.25, 0.3) is 0 Å². The Hall–Kier alpha value is -1.35. The Labute approximate surface area is 95.2 Å². The van der Waals surface area contributed by atoms with Gasteiger partial charge in [0.25, 0.3) is 0 Å². The number of carbonyl (C=O) groups excluding carboxylic acids is 1. The highest BCUT2D eigenvalue weighted by Gasteiger charge is 2.30. The summed E-state index contributed by atoms with van der Waals surface area (Å²) in [6.07, 6.45) is 3.96. The number of nitrogens with one attached hydrogen (secondary N) is 2. The molecule has 0 saturated heterocycles. The van der Waals surface area contributed by atoms with Gasteiger partial charge in [0.15, 0.2) is 0 Å². The highest BCUT2D eigenvalue weighted by molar-refractivity contribution is 6.02. The number of para-hydroxylation sites is 1. The Kier molecular flexibility index (Phi) is 2.40. The highest BCUT2D eigenvalue weighted by Crippen LogP contribution is 2.31. The molecular formula is C13H16N2O. The van der Waals surface area contributed by atoms with E-state index in [1.807, 2.05) is 24.3 Å². The highest BCUT2D eigenvalue weighted by atomic mass is 16.2. The lowest BCUT2D eigenvalue weighted by molar-refractivity contribution is -0.117. The molecule has 0 aromatic heterocycles. The Balaban J connectivity index is 1.71. The maximum Gasteiger partial charge on any atom is 0.246 e. The van der Waals surface area contributed by atoms with Gasteiger partial charge in [0.1, 0.15) is 6.04 Å². The number of hydrogen-bond donors (Lipinski definition) is 2. The van der Waals surface area contributed by atoms with E-state index >= 15 is 0 Å². The number of amides is 1. The third kappa shape index (κ3) is 1.61. The van der Waals surface area contributed by atoms with Gasteiger partial charge in [-0.25, -0.2) is 0 Å². The molecule has 2 N–H and O–H groups in total. The van der Waals surface area contributed by atoms with Crippen LogP contribution in [0, 0.1) is 5.92 Å². The van der Waals surface area contributed by atoms with Crippen molar-refractivity contribution in [2.45, 2.75) is 25.3 Å². The molecule has 3 heteroatoms. The predicted molar refractivity (Wildman–Crippen MR) is 63.2 cm³/mol. The van der Waals surface area contributed by atoms with Gasteiger partial charge in [-0.1, -0.05) is 24.6 Å². The van der Waals surface area contributed by atoms with Crippen molar-refractivity contribution in [1.29, 1.82) is 0 Å². The van der Waals surface area contributed by atoms with E-state index in [1.165, 1.54) is 19.3 Å². The minimum Gasteiger partial charge on any atom is -0.324 e. The van der Waals surface area contributed by atoms with Gasteiger partial charge in [-0.15, -0.1) is 0 Å². The normalized spacial score (nSPS) is 23.8. The molecule has 1 aliphatic carbocycles. The van der Waals surface area contributed by atoms with Crippen molar-refractivity contribution in [3.63, 3.8) is 0 Å². The molecule has 1 heterocycles. The number of benzene rings is 1. The fraction of sp³-hybridized carbons (Fsp3) is 0.462. The van der Waals surface area contributed by atoms with E-state index in [0.29, 0.717) is 0 Å². The zero-order valence-corrected chi connectivity index (χ0v) is 9.20. The van der Waals surface area contributed by atoms with Gasteiger partial charge >= 0.3 is 0 Å². The van der Waals surface area contributed by atoms with Crippen molar-refractivity contribution in [2.75, 3.05) is 11.9 Å². The molecule has 1 saturated carbocycles. The summed E-state index contributed by atoms with van der Waals surface area (Å²) in [6.45, 7) is 0.965. The fourth-order valence-electron chi connectivity index (χ4n) is 2.39. The largest absolute Gasteiger partial charge is 0.324 e. The van der Waals surface area contributed by atoms with Crippen LogP contribution in [0.15, 0.2) is 24.3 Å². The molecule has 3 nitrogen and oxygen atoms in total. The van der Waals surface area contributed by atoms with Crippen molar-refractivity contribution >= 4 is 11.6 Å². The van der Waals surface area contributed by atoms with Crippen molar-refractivity contribution in [3.05, 3.63) is 29.8 Å². The number of hydrogen-bond acceptors (Lipinski definition) is 2. The van der Waals surface area contributed by atoms with E-state index in [4.69, 9.17) is 0 Å². The van der Waals surface area contributed by atoms with Crippen LogP contribution in [0.1, 0.15) is 30.9 Å². The van der Waals surface area contributed by atoms with E-state index in [0.717, 1.165) is 23.7 Å². The molecule has 2 aliphatic rings. The summed E-state index contributed by atoms with van der Waals surface area (Å²) in [5, 5.41) is 6.28. The second-order valence-electron chi connectivity index (χ2n) is 4.71. The average molecular weight is 216 g/mol. The van der Waals surface area contributed by atoms with E-state index in [9.17, 15) is 4.79 Å². The minimum atomic E-state index is -0.142. The van der Waals surface area contributed by atoms with Gasteiger partial charge < -0.3 is 10.6 Å². The first-order valence-corrected chi connectivity index (χ1v) is 5.98. The zero-order valence-electron chi connectivity index (χ0n) is 9.20. The van der Waals surface area contributed by atoms with Gasteiger partial charge in [-0.05, 0) is 31.4 Å². The third-order valence-corrected chi connectivity index (χ3v) is 3.63. The summed E-state index contributed by atoms with van der Waals surface area (Å²) in [5.74, 6) is 0.862. The molecule has 1 fully saturated rings. The molecule has 1 aromatic carbocycles. The van der Waals surface area contributed by atoms with Crippen LogP contribution in [0.4, 0.5) is 5.69 Å². The molecule has 0 bridgehead atoms. The summed E-state index contributed by atoms with van der Waals surface area (Å²) in [7, 11) is 0. The van der Waals surface area contributed by atoms with Crippen LogP contribution >= 0.6 is 0 Å². The first kappa shape index (κ1) is 9.85. The van der Waals surface area contributed by atoms with Crippen molar-refractivity contribution in [1.82, 2.24) is 5.32 Å². The quantitative estimate of drug-likeness (QED) is 0.812. The average Bonchev–Trinajstić information content (AvgIpc) is 2.53. The SMILES string of the molecule is O=C1Nc2ccccc2C1NCC1CCC1. The molecule has 1 unspecified atom stereocenters.